The molecular weight excluding hydrogens is 465 g/mol. The Kier molecular flexibility index (Phi) is 7.05. The zero-order valence-electron chi connectivity index (χ0n) is 19.7. The van der Waals surface area contributed by atoms with Crippen LogP contribution in [0.15, 0.2) is 48.7 Å². The third-order valence-corrected chi connectivity index (χ3v) is 5.73. The monoisotopic (exact) mass is 489 g/mol. The fourth-order valence-electron chi connectivity index (χ4n) is 3.87. The number of hydrogen-bond acceptors (Lipinski definition) is 7. The van der Waals surface area contributed by atoms with Crippen molar-refractivity contribution in [3.8, 4) is 17.3 Å². The number of rotatable bonds is 8. The maximum Gasteiger partial charge on any atom is 0.414 e. The van der Waals surface area contributed by atoms with Crippen LogP contribution < -0.4 is 10.2 Å². The minimum absolute atomic E-state index is 0.0596. The van der Waals surface area contributed by atoms with Gasteiger partial charge in [-0.25, -0.2) is 9.18 Å². The molecule has 1 unspecified atom stereocenters. The average molecular weight is 490 g/mol. The van der Waals surface area contributed by atoms with Gasteiger partial charge in [0.05, 0.1) is 42.6 Å². The van der Waals surface area contributed by atoms with Crippen LogP contribution in [0.25, 0.3) is 11.3 Å². The largest absolute Gasteiger partial charge is 0.442 e. The second kappa shape index (κ2) is 10.4. The lowest BCUT2D eigenvalue weighted by Gasteiger charge is -2.16. The molecule has 2 amide bonds. The first kappa shape index (κ1) is 24.5. The van der Waals surface area contributed by atoms with Gasteiger partial charge in [0.1, 0.15) is 17.6 Å². The van der Waals surface area contributed by atoms with Crippen LogP contribution in [0.3, 0.4) is 0 Å². The molecule has 10 nitrogen and oxygen atoms in total. The summed E-state index contributed by atoms with van der Waals surface area (Å²) in [5.74, 6) is -0.868. The zero-order valence-corrected chi connectivity index (χ0v) is 19.7. The first-order valence-electron chi connectivity index (χ1n) is 11.3. The van der Waals surface area contributed by atoms with E-state index >= 15 is 0 Å². The highest BCUT2D eigenvalue weighted by Gasteiger charge is 2.33. The Balaban J connectivity index is 1.42. The van der Waals surface area contributed by atoms with Crippen molar-refractivity contribution in [2.75, 3.05) is 18.0 Å². The molecule has 1 aliphatic heterocycles. The van der Waals surface area contributed by atoms with E-state index in [0.29, 0.717) is 16.9 Å². The normalized spacial score (nSPS) is 15.8. The number of nitrogens with zero attached hydrogens (tertiary/aromatic N) is 5. The summed E-state index contributed by atoms with van der Waals surface area (Å²) < 4.78 is 20.2. The van der Waals surface area contributed by atoms with E-state index in [1.807, 2.05) is 13.0 Å². The van der Waals surface area contributed by atoms with E-state index in [1.165, 1.54) is 28.8 Å². The number of nitrogens with one attached hydrogen (secondary N) is 2. The van der Waals surface area contributed by atoms with Gasteiger partial charge in [0.25, 0.3) is 0 Å². The molecule has 2 aromatic carbocycles. The molecular formula is C25H24FN7O3. The summed E-state index contributed by atoms with van der Waals surface area (Å²) in [6.07, 6.45) is 0.604. The summed E-state index contributed by atoms with van der Waals surface area (Å²) in [4.78, 5) is 26.0. The maximum absolute atomic E-state index is 14.9. The number of nitriles is 1. The molecule has 1 fully saturated rings. The molecule has 3 aromatic rings. The van der Waals surface area contributed by atoms with Crippen LogP contribution in [-0.4, -0.2) is 51.9 Å². The molecule has 1 aromatic heterocycles. The van der Waals surface area contributed by atoms with E-state index in [1.54, 1.807) is 30.5 Å². The molecule has 11 heteroatoms. The molecule has 0 aliphatic carbocycles. The molecule has 184 valence electrons. The van der Waals surface area contributed by atoms with Gasteiger partial charge in [-0.15, -0.1) is 0 Å². The molecule has 2 N–H and O–H groups in total. The van der Waals surface area contributed by atoms with Crippen LogP contribution in [0.1, 0.15) is 37.4 Å². The number of anilines is 1. The number of halogens is 1. The first-order valence-corrected chi connectivity index (χ1v) is 11.3. The van der Waals surface area contributed by atoms with E-state index in [0.717, 1.165) is 5.56 Å². The number of benzene rings is 2. The van der Waals surface area contributed by atoms with E-state index in [9.17, 15) is 14.0 Å². The number of cyclic esters (lactones) is 1. The third kappa shape index (κ3) is 5.38. The fraction of sp³-hybridized carbons (Fsp3) is 0.280. The Labute approximate surface area is 206 Å². The smallest absolute Gasteiger partial charge is 0.414 e. The van der Waals surface area contributed by atoms with Gasteiger partial charge in [-0.3, -0.25) is 9.69 Å². The molecule has 2 atom stereocenters. The highest BCUT2D eigenvalue weighted by Crippen LogP contribution is 2.26. The fourth-order valence-corrected chi connectivity index (χ4v) is 3.87. The SMILES string of the molecule is CC(=O)NC[C@H]1CN(c2ccc(C(=N)CC(C)n3ncc(-c4cccc(C#N)c4)n3)c(F)c2)C(=O)O1. The number of carbonyl (C=O) groups is 2. The zero-order chi connectivity index (χ0) is 25.8. The number of hydrogen-bond donors (Lipinski definition) is 2. The molecule has 36 heavy (non-hydrogen) atoms. The Morgan fingerprint density at radius 1 is 1.36 bits per heavy atom. The summed E-state index contributed by atoms with van der Waals surface area (Å²) in [5, 5.41) is 28.8. The van der Waals surface area contributed by atoms with Crippen molar-refractivity contribution in [2.24, 2.45) is 0 Å². The van der Waals surface area contributed by atoms with Crippen LogP contribution in [0.4, 0.5) is 14.9 Å². The predicted octanol–water partition coefficient (Wildman–Crippen LogP) is 3.44. The molecule has 4 rings (SSSR count). The number of carbonyl (C=O) groups excluding carboxylic acids is 2. The Morgan fingerprint density at radius 3 is 2.89 bits per heavy atom. The quantitative estimate of drug-likeness (QED) is 0.465. The van der Waals surface area contributed by atoms with Crippen molar-refractivity contribution in [2.45, 2.75) is 32.4 Å². The van der Waals surface area contributed by atoms with Gasteiger partial charge < -0.3 is 15.5 Å². The highest BCUT2D eigenvalue weighted by molar-refractivity contribution is 5.99. The van der Waals surface area contributed by atoms with Gasteiger partial charge in [-0.2, -0.15) is 20.3 Å². The van der Waals surface area contributed by atoms with Crippen LogP contribution >= 0.6 is 0 Å². The minimum atomic E-state index is -0.634. The van der Waals surface area contributed by atoms with Crippen LogP contribution in [0.2, 0.25) is 0 Å². The van der Waals surface area contributed by atoms with E-state index in [-0.39, 0.29) is 42.7 Å². The third-order valence-electron chi connectivity index (χ3n) is 5.73. The summed E-state index contributed by atoms with van der Waals surface area (Å²) in [7, 11) is 0. The molecule has 0 bridgehead atoms. The van der Waals surface area contributed by atoms with E-state index in [4.69, 9.17) is 15.4 Å². The average Bonchev–Trinajstić information content (AvgIpc) is 3.50. The van der Waals surface area contributed by atoms with Crippen LogP contribution in [-0.2, 0) is 9.53 Å². The second-order valence-corrected chi connectivity index (χ2v) is 8.49. The van der Waals surface area contributed by atoms with Crippen molar-refractivity contribution in [1.29, 1.82) is 10.7 Å². The molecule has 0 saturated carbocycles. The lowest BCUT2D eigenvalue weighted by molar-refractivity contribution is -0.119. The second-order valence-electron chi connectivity index (χ2n) is 8.49. The lowest BCUT2D eigenvalue weighted by atomic mass is 10.0. The molecule has 0 spiro atoms. The minimum Gasteiger partial charge on any atom is -0.442 e. The summed E-state index contributed by atoms with van der Waals surface area (Å²) in [6.45, 7) is 3.55. The van der Waals surface area contributed by atoms with Crippen LogP contribution in [0, 0.1) is 22.6 Å². The Hall–Kier alpha value is -4.59. The van der Waals surface area contributed by atoms with E-state index in [2.05, 4.69) is 21.6 Å². The maximum atomic E-state index is 14.9. The van der Waals surface area contributed by atoms with Gasteiger partial charge >= 0.3 is 6.09 Å². The Morgan fingerprint density at radius 2 is 2.17 bits per heavy atom. The van der Waals surface area contributed by atoms with Gasteiger partial charge in [0, 0.05) is 30.2 Å². The molecule has 2 heterocycles. The van der Waals surface area contributed by atoms with Crippen molar-refractivity contribution < 1.29 is 18.7 Å². The number of amides is 2. The van der Waals surface area contributed by atoms with Gasteiger partial charge in [-0.05, 0) is 37.3 Å². The number of ether oxygens (including phenoxy) is 1. The Bertz CT molecular complexity index is 1360. The van der Waals surface area contributed by atoms with E-state index < -0.39 is 18.0 Å². The predicted molar refractivity (Wildman–Crippen MR) is 129 cm³/mol. The van der Waals surface area contributed by atoms with Crippen molar-refractivity contribution >= 4 is 23.4 Å². The van der Waals surface area contributed by atoms with Gasteiger partial charge in [0.2, 0.25) is 5.91 Å². The number of aromatic nitrogens is 3. The van der Waals surface area contributed by atoms with Crippen molar-refractivity contribution in [3.05, 3.63) is 65.6 Å². The summed E-state index contributed by atoms with van der Waals surface area (Å²) in [6, 6.07) is 13.0. The van der Waals surface area contributed by atoms with Gasteiger partial charge in [0.15, 0.2) is 0 Å². The van der Waals surface area contributed by atoms with Gasteiger partial charge in [-0.1, -0.05) is 12.1 Å². The van der Waals surface area contributed by atoms with Crippen LogP contribution in [0.5, 0.6) is 0 Å². The molecule has 0 radical (unpaired) electrons. The topological polar surface area (TPSA) is 137 Å². The van der Waals surface area contributed by atoms with Crippen molar-refractivity contribution in [1.82, 2.24) is 20.3 Å². The summed E-state index contributed by atoms with van der Waals surface area (Å²) >= 11 is 0. The first-order chi connectivity index (χ1) is 17.2. The highest BCUT2D eigenvalue weighted by atomic mass is 19.1. The summed E-state index contributed by atoms with van der Waals surface area (Å²) in [5.41, 5.74) is 2.34. The molecule has 1 aliphatic rings. The standard InChI is InChI=1S/C25H24FN7O3/c1-15(33-30-13-24(31-33)18-5-3-4-17(9-18)11-27)8-23(28)21-7-6-19(10-22(21)26)32-14-20(36-25(32)35)12-29-16(2)34/h3-7,9-10,13,15,20,28H,8,12,14H2,1-2H3,(H,29,34)/t15?,20-/m0/s1. The lowest BCUT2D eigenvalue weighted by Crippen LogP contribution is -2.33. The van der Waals surface area contributed by atoms with Crippen molar-refractivity contribution in [3.63, 3.8) is 0 Å². The molecule has 1 saturated heterocycles.